The summed E-state index contributed by atoms with van der Waals surface area (Å²) in [6, 6.07) is 27.9. The number of piperazine rings is 1. The van der Waals surface area contributed by atoms with E-state index in [4.69, 9.17) is 4.74 Å². The number of ether oxygens (including phenoxy) is 1. The summed E-state index contributed by atoms with van der Waals surface area (Å²) >= 11 is 0. The molecule has 1 amide bonds. The van der Waals surface area contributed by atoms with Crippen molar-refractivity contribution >= 4 is 5.91 Å². The lowest BCUT2D eigenvalue weighted by atomic mass is 9.80. The molecule has 0 aliphatic carbocycles. The number of amides is 1. The lowest BCUT2D eigenvalue weighted by Gasteiger charge is -2.39. The Labute approximate surface area is 223 Å². The molecular formula is C33H42N2O2. The molecule has 1 aliphatic rings. The van der Waals surface area contributed by atoms with E-state index in [1.807, 2.05) is 11.0 Å². The second kappa shape index (κ2) is 11.1. The number of carbonyl (C=O) groups excluding carboxylic acids is 1. The largest absolute Gasteiger partial charge is 0.483 e. The van der Waals surface area contributed by atoms with Crippen LogP contribution in [0.15, 0.2) is 78.9 Å². The third kappa shape index (κ3) is 6.61. The molecule has 1 fully saturated rings. The molecule has 3 aromatic rings. The number of nitrogens with zero attached hydrogens (tertiary/aromatic N) is 2. The zero-order valence-electron chi connectivity index (χ0n) is 23.3. The lowest BCUT2D eigenvalue weighted by molar-refractivity contribution is -0.135. The van der Waals surface area contributed by atoms with E-state index in [-0.39, 0.29) is 29.4 Å². The summed E-state index contributed by atoms with van der Waals surface area (Å²) in [6.07, 6.45) is 0. The summed E-state index contributed by atoms with van der Waals surface area (Å²) in [7, 11) is 0. The van der Waals surface area contributed by atoms with Crippen molar-refractivity contribution in [3.63, 3.8) is 0 Å². The minimum atomic E-state index is -0.0743. The molecule has 4 rings (SSSR count). The number of hydrogen-bond acceptors (Lipinski definition) is 3. The van der Waals surface area contributed by atoms with E-state index < -0.39 is 0 Å². The van der Waals surface area contributed by atoms with Crippen LogP contribution in [-0.2, 0) is 15.6 Å². The molecular weight excluding hydrogens is 456 g/mol. The van der Waals surface area contributed by atoms with Gasteiger partial charge in [-0.3, -0.25) is 9.69 Å². The van der Waals surface area contributed by atoms with Crippen molar-refractivity contribution in [3.8, 4) is 5.75 Å². The summed E-state index contributed by atoms with van der Waals surface area (Å²) in [5.74, 6) is 0.857. The lowest BCUT2D eigenvalue weighted by Crippen LogP contribution is -2.51. The molecule has 1 aliphatic heterocycles. The van der Waals surface area contributed by atoms with Crippen LogP contribution in [-0.4, -0.2) is 48.5 Å². The topological polar surface area (TPSA) is 32.8 Å². The van der Waals surface area contributed by atoms with Gasteiger partial charge in [-0.05, 0) is 39.2 Å². The van der Waals surface area contributed by atoms with Crippen LogP contribution in [0.1, 0.15) is 69.8 Å². The average molecular weight is 499 g/mol. The molecule has 0 saturated carbocycles. The third-order valence-electron chi connectivity index (χ3n) is 7.27. The number of benzene rings is 3. The van der Waals surface area contributed by atoms with Crippen molar-refractivity contribution in [2.45, 2.75) is 58.4 Å². The Kier molecular flexibility index (Phi) is 8.08. The molecule has 0 spiro atoms. The number of carbonyl (C=O) groups is 1. The van der Waals surface area contributed by atoms with Gasteiger partial charge in [0.15, 0.2) is 6.61 Å². The Morgan fingerprint density at radius 2 is 1.30 bits per heavy atom. The molecule has 196 valence electrons. The van der Waals surface area contributed by atoms with Crippen molar-refractivity contribution < 1.29 is 9.53 Å². The van der Waals surface area contributed by atoms with E-state index in [9.17, 15) is 4.79 Å². The molecule has 37 heavy (non-hydrogen) atoms. The molecule has 0 aromatic heterocycles. The van der Waals surface area contributed by atoms with E-state index in [1.54, 1.807) is 0 Å². The van der Waals surface area contributed by atoms with Crippen LogP contribution < -0.4 is 4.74 Å². The normalized spacial score (nSPS) is 15.2. The molecule has 0 atom stereocenters. The van der Waals surface area contributed by atoms with Crippen molar-refractivity contribution in [1.29, 1.82) is 0 Å². The zero-order chi connectivity index (χ0) is 26.6. The van der Waals surface area contributed by atoms with Crippen LogP contribution in [0.5, 0.6) is 5.75 Å². The van der Waals surface area contributed by atoms with Gasteiger partial charge in [0.05, 0.1) is 6.04 Å². The van der Waals surface area contributed by atoms with Gasteiger partial charge < -0.3 is 9.64 Å². The predicted molar refractivity (Wildman–Crippen MR) is 152 cm³/mol. The molecule has 0 bridgehead atoms. The summed E-state index contributed by atoms with van der Waals surface area (Å²) in [4.78, 5) is 17.6. The summed E-state index contributed by atoms with van der Waals surface area (Å²) < 4.78 is 6.15. The predicted octanol–water partition coefficient (Wildman–Crippen LogP) is 6.59. The average Bonchev–Trinajstić information content (AvgIpc) is 2.88. The molecule has 1 heterocycles. The first-order valence-electron chi connectivity index (χ1n) is 13.4. The molecule has 4 nitrogen and oxygen atoms in total. The van der Waals surface area contributed by atoms with Gasteiger partial charge in [-0.2, -0.15) is 0 Å². The Balaban J connectivity index is 1.42. The molecule has 3 aromatic carbocycles. The minimum absolute atomic E-state index is 0.0513. The smallest absolute Gasteiger partial charge is 0.260 e. The van der Waals surface area contributed by atoms with Crippen molar-refractivity contribution in [2.75, 3.05) is 32.8 Å². The quantitative estimate of drug-likeness (QED) is 0.384. The van der Waals surface area contributed by atoms with Gasteiger partial charge >= 0.3 is 0 Å². The van der Waals surface area contributed by atoms with E-state index in [0.29, 0.717) is 13.1 Å². The SMILES string of the molecule is CC(C)(C)c1ccc(OCC(=O)N2CCN(C(c3ccccc3)c3ccccc3)CC2)c(C(C)(C)C)c1. The Morgan fingerprint density at radius 1 is 0.757 bits per heavy atom. The van der Waals surface area contributed by atoms with E-state index in [0.717, 1.165) is 24.4 Å². The highest BCUT2D eigenvalue weighted by Crippen LogP contribution is 2.35. The van der Waals surface area contributed by atoms with Crippen LogP contribution in [0.25, 0.3) is 0 Å². The second-order valence-corrected chi connectivity index (χ2v) is 12.1. The summed E-state index contributed by atoms with van der Waals surface area (Å²) in [6.45, 7) is 16.4. The fourth-order valence-electron chi connectivity index (χ4n) is 5.05. The maximum absolute atomic E-state index is 13.2. The summed E-state index contributed by atoms with van der Waals surface area (Å²) in [5.41, 5.74) is 4.97. The first-order chi connectivity index (χ1) is 17.5. The molecule has 4 heteroatoms. The van der Waals surface area contributed by atoms with Crippen LogP contribution in [0.4, 0.5) is 0 Å². The molecule has 0 unspecified atom stereocenters. The highest BCUT2D eigenvalue weighted by Gasteiger charge is 2.29. The Bertz CT molecular complexity index is 1130. The van der Waals surface area contributed by atoms with Gasteiger partial charge in [0.2, 0.25) is 0 Å². The first kappa shape index (κ1) is 26.9. The standard InChI is InChI=1S/C33H42N2O2/c1-32(2,3)27-17-18-29(28(23-27)33(4,5)6)37-24-30(36)34-19-21-35(22-20-34)31(25-13-9-7-10-14-25)26-15-11-8-12-16-26/h7-18,23,31H,19-22,24H2,1-6H3. The Morgan fingerprint density at radius 3 is 1.78 bits per heavy atom. The highest BCUT2D eigenvalue weighted by molar-refractivity contribution is 5.78. The fourth-order valence-corrected chi connectivity index (χ4v) is 5.05. The minimum Gasteiger partial charge on any atom is -0.483 e. The maximum atomic E-state index is 13.2. The van der Waals surface area contributed by atoms with Gasteiger partial charge in [0, 0.05) is 26.2 Å². The van der Waals surface area contributed by atoms with E-state index in [1.165, 1.54) is 16.7 Å². The second-order valence-electron chi connectivity index (χ2n) is 12.1. The van der Waals surface area contributed by atoms with Gasteiger partial charge in [-0.15, -0.1) is 0 Å². The van der Waals surface area contributed by atoms with E-state index >= 15 is 0 Å². The first-order valence-corrected chi connectivity index (χ1v) is 13.4. The number of rotatable bonds is 6. The maximum Gasteiger partial charge on any atom is 0.260 e. The molecule has 0 N–H and O–H groups in total. The van der Waals surface area contributed by atoms with Crippen molar-refractivity contribution in [1.82, 2.24) is 9.80 Å². The van der Waals surface area contributed by atoms with Crippen molar-refractivity contribution in [2.24, 2.45) is 0 Å². The van der Waals surface area contributed by atoms with E-state index in [2.05, 4.69) is 119 Å². The van der Waals surface area contributed by atoms with Crippen LogP contribution in [0.2, 0.25) is 0 Å². The van der Waals surface area contributed by atoms with Crippen LogP contribution >= 0.6 is 0 Å². The van der Waals surface area contributed by atoms with Gasteiger partial charge in [0.25, 0.3) is 5.91 Å². The molecule has 1 saturated heterocycles. The third-order valence-corrected chi connectivity index (χ3v) is 7.27. The highest BCUT2D eigenvalue weighted by atomic mass is 16.5. The summed E-state index contributed by atoms with van der Waals surface area (Å²) in [5, 5.41) is 0. The Hall–Kier alpha value is -3.11. The number of hydrogen-bond donors (Lipinski definition) is 0. The molecule has 0 radical (unpaired) electrons. The van der Waals surface area contributed by atoms with Crippen LogP contribution in [0.3, 0.4) is 0 Å². The monoisotopic (exact) mass is 498 g/mol. The zero-order valence-corrected chi connectivity index (χ0v) is 23.3. The van der Waals surface area contributed by atoms with Gasteiger partial charge in [-0.1, -0.05) is 114 Å². The van der Waals surface area contributed by atoms with Crippen molar-refractivity contribution in [3.05, 3.63) is 101 Å². The van der Waals surface area contributed by atoms with Gasteiger partial charge in [-0.25, -0.2) is 0 Å². The fraction of sp³-hybridized carbons (Fsp3) is 0.424. The van der Waals surface area contributed by atoms with Gasteiger partial charge in [0.1, 0.15) is 5.75 Å². The van der Waals surface area contributed by atoms with Crippen LogP contribution in [0, 0.1) is 0 Å².